The van der Waals surface area contributed by atoms with E-state index in [9.17, 15) is 13.2 Å². The van der Waals surface area contributed by atoms with Gasteiger partial charge in [-0.05, 0) is 6.07 Å². The summed E-state index contributed by atoms with van der Waals surface area (Å²) < 4.78 is 35.2. The number of benzene rings is 1. The van der Waals surface area contributed by atoms with Gasteiger partial charge in [0.2, 0.25) is 0 Å². The van der Waals surface area contributed by atoms with Gasteiger partial charge in [-0.2, -0.15) is 5.10 Å². The lowest BCUT2D eigenvalue weighted by atomic mass is 9.95. The molecule has 9 heteroatoms. The second-order valence-corrected chi connectivity index (χ2v) is 9.58. The van der Waals surface area contributed by atoms with Crippen LogP contribution < -0.4 is 9.47 Å². The Bertz CT molecular complexity index is 970. The second-order valence-electron chi connectivity index (χ2n) is 7.32. The Morgan fingerprint density at radius 1 is 1.24 bits per heavy atom. The van der Waals surface area contributed by atoms with Crippen LogP contribution in [0.1, 0.15) is 30.0 Å². The van der Waals surface area contributed by atoms with E-state index in [2.05, 4.69) is 10.00 Å². The van der Waals surface area contributed by atoms with Gasteiger partial charge in [0.05, 0.1) is 32.7 Å². The summed E-state index contributed by atoms with van der Waals surface area (Å²) in [6.45, 7) is 1.57. The first-order valence-electron chi connectivity index (χ1n) is 9.46. The first-order valence-corrected chi connectivity index (χ1v) is 11.5. The molecule has 158 valence electrons. The average molecular weight is 422 g/mol. The van der Waals surface area contributed by atoms with Crippen molar-refractivity contribution < 1.29 is 22.7 Å². The summed E-state index contributed by atoms with van der Waals surface area (Å²) in [5.74, 6) is 1.72. The third-order valence-electron chi connectivity index (χ3n) is 5.14. The number of aryl methyl sites for hydroxylation is 1. The van der Waals surface area contributed by atoms with Crippen LogP contribution in [0.5, 0.6) is 11.5 Å². The summed E-state index contributed by atoms with van der Waals surface area (Å²) in [7, 11) is 0.178. The molecule has 0 bridgehead atoms. The van der Waals surface area contributed by atoms with Gasteiger partial charge >= 0.3 is 0 Å². The minimum absolute atomic E-state index is 0.0322. The van der Waals surface area contributed by atoms with Gasteiger partial charge in [0.25, 0.3) is 0 Å². The minimum Gasteiger partial charge on any atom is -0.497 e. The number of piperidine rings is 1. The third kappa shape index (κ3) is 5.57. The SMILES string of the molecule is COc1ccc(CN2CCC(=O)CC2c2cnn(CCS(C)(=O)=O)c2)c(OC)c1. The van der Waals surface area contributed by atoms with E-state index in [-0.39, 0.29) is 17.6 Å². The number of sulfone groups is 1. The predicted molar refractivity (Wildman–Crippen MR) is 109 cm³/mol. The maximum absolute atomic E-state index is 12.1. The minimum atomic E-state index is -3.06. The number of aromatic nitrogens is 2. The summed E-state index contributed by atoms with van der Waals surface area (Å²) in [6, 6.07) is 5.61. The first-order chi connectivity index (χ1) is 13.8. The summed E-state index contributed by atoms with van der Waals surface area (Å²) in [6.07, 6.45) is 5.70. The quantitative estimate of drug-likeness (QED) is 0.642. The van der Waals surface area contributed by atoms with Crippen molar-refractivity contribution >= 4 is 15.6 Å². The molecule has 0 N–H and O–H groups in total. The molecule has 1 unspecified atom stereocenters. The van der Waals surface area contributed by atoms with Crippen LogP contribution in [0.25, 0.3) is 0 Å². The summed E-state index contributed by atoms with van der Waals surface area (Å²) in [4.78, 5) is 14.4. The number of nitrogens with zero attached hydrogens (tertiary/aromatic N) is 3. The maximum atomic E-state index is 12.1. The lowest BCUT2D eigenvalue weighted by molar-refractivity contribution is -0.123. The van der Waals surface area contributed by atoms with Crippen molar-refractivity contribution in [2.75, 3.05) is 32.8 Å². The molecule has 2 heterocycles. The van der Waals surface area contributed by atoms with Gasteiger partial charge in [0.15, 0.2) is 0 Å². The van der Waals surface area contributed by atoms with Crippen LogP contribution in [0.15, 0.2) is 30.6 Å². The number of rotatable bonds is 8. The molecule has 0 spiro atoms. The van der Waals surface area contributed by atoms with Crippen LogP contribution in [0.4, 0.5) is 0 Å². The molecule has 0 amide bonds. The average Bonchev–Trinajstić information content (AvgIpc) is 3.16. The Labute approximate surface area is 171 Å². The lowest BCUT2D eigenvalue weighted by Crippen LogP contribution is -2.36. The molecule has 1 saturated heterocycles. The largest absolute Gasteiger partial charge is 0.497 e. The Balaban J connectivity index is 1.80. The van der Waals surface area contributed by atoms with Crippen LogP contribution in [-0.2, 0) is 27.7 Å². The van der Waals surface area contributed by atoms with E-state index in [4.69, 9.17) is 9.47 Å². The molecule has 1 fully saturated rings. The fourth-order valence-corrected chi connectivity index (χ4v) is 4.04. The van der Waals surface area contributed by atoms with Gasteiger partial charge in [0, 0.05) is 61.6 Å². The molecular weight excluding hydrogens is 394 g/mol. The van der Waals surface area contributed by atoms with Crippen LogP contribution in [0, 0.1) is 0 Å². The van der Waals surface area contributed by atoms with E-state index in [1.165, 1.54) is 6.26 Å². The van der Waals surface area contributed by atoms with Crippen LogP contribution in [0.2, 0.25) is 0 Å². The number of Topliss-reactive ketones (excluding diaryl/α,β-unsaturated/α-hetero) is 1. The number of likely N-dealkylation sites (tertiary alicyclic amines) is 1. The number of ketones is 1. The smallest absolute Gasteiger partial charge is 0.149 e. The Morgan fingerprint density at radius 3 is 2.72 bits per heavy atom. The Kier molecular flexibility index (Phi) is 6.59. The highest BCUT2D eigenvalue weighted by molar-refractivity contribution is 7.90. The molecule has 1 aromatic carbocycles. The monoisotopic (exact) mass is 421 g/mol. The van der Waals surface area contributed by atoms with Gasteiger partial charge in [-0.1, -0.05) is 6.07 Å². The zero-order valence-electron chi connectivity index (χ0n) is 17.0. The molecule has 29 heavy (non-hydrogen) atoms. The highest BCUT2D eigenvalue weighted by atomic mass is 32.2. The van der Waals surface area contributed by atoms with Crippen molar-refractivity contribution in [1.29, 1.82) is 0 Å². The van der Waals surface area contributed by atoms with E-state index >= 15 is 0 Å². The van der Waals surface area contributed by atoms with Gasteiger partial charge in [-0.25, -0.2) is 8.42 Å². The molecule has 2 aromatic rings. The topological polar surface area (TPSA) is 90.7 Å². The van der Waals surface area contributed by atoms with Crippen molar-refractivity contribution in [2.24, 2.45) is 0 Å². The van der Waals surface area contributed by atoms with Crippen molar-refractivity contribution in [3.8, 4) is 11.5 Å². The number of ether oxygens (including phenoxy) is 2. The Hall–Kier alpha value is -2.39. The molecule has 1 aliphatic rings. The summed E-state index contributed by atoms with van der Waals surface area (Å²) in [5, 5.41) is 4.29. The maximum Gasteiger partial charge on any atom is 0.149 e. The Morgan fingerprint density at radius 2 is 2.03 bits per heavy atom. The molecule has 1 atom stereocenters. The number of carbonyl (C=O) groups is 1. The fraction of sp³-hybridized carbons (Fsp3) is 0.500. The standard InChI is InChI=1S/C20H27N3O5S/c1-27-18-5-4-15(20(11-18)28-2)13-22-7-6-17(24)10-19(22)16-12-21-23(14-16)8-9-29(3,25)26/h4-5,11-12,14,19H,6-10,13H2,1-3H3. The zero-order valence-corrected chi connectivity index (χ0v) is 17.8. The van der Waals surface area contributed by atoms with E-state index in [1.807, 2.05) is 24.4 Å². The molecule has 0 radical (unpaired) electrons. The van der Waals surface area contributed by atoms with Crippen molar-refractivity contribution in [1.82, 2.24) is 14.7 Å². The molecular formula is C20H27N3O5S. The molecule has 1 aromatic heterocycles. The van der Waals surface area contributed by atoms with Crippen LogP contribution in [-0.4, -0.2) is 61.7 Å². The zero-order chi connectivity index (χ0) is 21.0. The fourth-order valence-electron chi connectivity index (χ4n) is 3.52. The highest BCUT2D eigenvalue weighted by Gasteiger charge is 2.30. The van der Waals surface area contributed by atoms with Crippen molar-refractivity contribution in [3.05, 3.63) is 41.7 Å². The predicted octanol–water partition coefficient (Wildman–Crippen LogP) is 1.85. The van der Waals surface area contributed by atoms with Crippen molar-refractivity contribution in [2.45, 2.75) is 32.0 Å². The van der Waals surface area contributed by atoms with Crippen LogP contribution in [0.3, 0.4) is 0 Å². The normalized spacial score (nSPS) is 18.0. The molecule has 0 aliphatic carbocycles. The van der Waals surface area contributed by atoms with E-state index in [0.717, 1.165) is 22.6 Å². The number of methoxy groups -OCH3 is 2. The summed E-state index contributed by atoms with van der Waals surface area (Å²) >= 11 is 0. The van der Waals surface area contributed by atoms with E-state index in [0.29, 0.717) is 32.5 Å². The third-order valence-corrected chi connectivity index (χ3v) is 6.06. The number of hydrogen-bond acceptors (Lipinski definition) is 7. The number of hydrogen-bond donors (Lipinski definition) is 0. The highest BCUT2D eigenvalue weighted by Crippen LogP contribution is 2.33. The molecule has 0 saturated carbocycles. The van der Waals surface area contributed by atoms with Gasteiger partial charge in [-0.3, -0.25) is 14.4 Å². The summed E-state index contributed by atoms with van der Waals surface area (Å²) in [5.41, 5.74) is 1.93. The van der Waals surface area contributed by atoms with Crippen LogP contribution >= 0.6 is 0 Å². The van der Waals surface area contributed by atoms with Gasteiger partial charge < -0.3 is 9.47 Å². The van der Waals surface area contributed by atoms with Crippen molar-refractivity contribution in [3.63, 3.8) is 0 Å². The molecule has 8 nitrogen and oxygen atoms in total. The second kappa shape index (κ2) is 8.96. The van der Waals surface area contributed by atoms with Gasteiger partial charge in [-0.15, -0.1) is 0 Å². The number of carbonyl (C=O) groups excluding carboxylic acids is 1. The lowest BCUT2D eigenvalue weighted by Gasteiger charge is -2.34. The molecule has 1 aliphatic heterocycles. The van der Waals surface area contributed by atoms with Gasteiger partial charge in [0.1, 0.15) is 27.1 Å². The first kappa shape index (κ1) is 21.3. The van der Waals surface area contributed by atoms with E-state index in [1.54, 1.807) is 25.1 Å². The molecule has 3 rings (SSSR count). The van der Waals surface area contributed by atoms with E-state index < -0.39 is 9.84 Å².